The molecule has 0 radical (unpaired) electrons. The third-order valence-electron chi connectivity index (χ3n) is 2.96. The van der Waals surface area contributed by atoms with Crippen LogP contribution >= 0.6 is 11.3 Å². The summed E-state index contributed by atoms with van der Waals surface area (Å²) in [5, 5.41) is 2.87. The number of carbonyl (C=O) groups excluding carboxylic acids is 1. The molecule has 0 aliphatic heterocycles. The van der Waals surface area contributed by atoms with Crippen LogP contribution in [0.5, 0.6) is 0 Å². The number of esters is 1. The first-order valence-electron chi connectivity index (χ1n) is 5.91. The minimum absolute atomic E-state index is 0.252. The molecular weight excluding hydrogens is 277 g/mol. The van der Waals surface area contributed by atoms with Gasteiger partial charge < -0.3 is 4.74 Å². The van der Waals surface area contributed by atoms with E-state index in [1.54, 1.807) is 18.2 Å². The standard InChI is InChI=1S/C15H10FNO2S/c1-19-15(18)12-8-13-11(6-7-20-13)14(17-12)9-2-4-10(16)5-3-9/h2-8H,1H3. The molecule has 0 saturated carbocycles. The van der Waals surface area contributed by atoms with Gasteiger partial charge in [-0.3, -0.25) is 0 Å². The fourth-order valence-electron chi connectivity index (χ4n) is 2.00. The van der Waals surface area contributed by atoms with Crippen molar-refractivity contribution in [3.63, 3.8) is 0 Å². The Balaban J connectivity index is 2.24. The Morgan fingerprint density at radius 2 is 2.00 bits per heavy atom. The normalized spacial score (nSPS) is 10.7. The van der Waals surface area contributed by atoms with Crippen molar-refractivity contribution in [2.75, 3.05) is 7.11 Å². The first-order chi connectivity index (χ1) is 9.69. The number of carbonyl (C=O) groups is 1. The van der Waals surface area contributed by atoms with Crippen molar-refractivity contribution in [2.45, 2.75) is 0 Å². The first-order valence-corrected chi connectivity index (χ1v) is 6.79. The predicted molar refractivity (Wildman–Crippen MR) is 76.4 cm³/mol. The molecule has 2 heterocycles. The fraction of sp³-hybridized carbons (Fsp3) is 0.0667. The molecule has 3 rings (SSSR count). The molecule has 3 aromatic rings. The number of rotatable bonds is 2. The molecule has 2 aromatic heterocycles. The number of fused-ring (bicyclic) bond motifs is 1. The van der Waals surface area contributed by atoms with Gasteiger partial charge in [-0.15, -0.1) is 11.3 Å². The minimum atomic E-state index is -0.483. The number of benzene rings is 1. The minimum Gasteiger partial charge on any atom is -0.464 e. The van der Waals surface area contributed by atoms with Gasteiger partial charge in [0.15, 0.2) is 5.69 Å². The quantitative estimate of drug-likeness (QED) is 0.671. The third kappa shape index (κ3) is 2.16. The Bertz CT molecular complexity index is 780. The maximum atomic E-state index is 13.0. The van der Waals surface area contributed by atoms with Gasteiger partial charge in [0.2, 0.25) is 0 Å². The number of thiophene rings is 1. The van der Waals surface area contributed by atoms with Gasteiger partial charge in [-0.1, -0.05) is 0 Å². The second-order valence-electron chi connectivity index (χ2n) is 4.19. The molecule has 1 aromatic carbocycles. The molecule has 0 amide bonds. The molecule has 0 spiro atoms. The second-order valence-corrected chi connectivity index (χ2v) is 5.13. The lowest BCUT2D eigenvalue weighted by molar-refractivity contribution is 0.0594. The van der Waals surface area contributed by atoms with E-state index in [1.165, 1.54) is 30.6 Å². The molecule has 0 atom stereocenters. The van der Waals surface area contributed by atoms with E-state index < -0.39 is 5.97 Å². The molecule has 100 valence electrons. The van der Waals surface area contributed by atoms with Crippen LogP contribution in [0.3, 0.4) is 0 Å². The van der Waals surface area contributed by atoms with Gasteiger partial charge in [0.05, 0.1) is 12.8 Å². The van der Waals surface area contributed by atoms with Gasteiger partial charge in [-0.2, -0.15) is 0 Å². The van der Waals surface area contributed by atoms with Crippen LogP contribution in [-0.4, -0.2) is 18.1 Å². The van der Waals surface area contributed by atoms with Crippen LogP contribution in [0.4, 0.5) is 4.39 Å². The van der Waals surface area contributed by atoms with Gasteiger partial charge in [0.25, 0.3) is 0 Å². The van der Waals surface area contributed by atoms with Crippen molar-refractivity contribution < 1.29 is 13.9 Å². The monoisotopic (exact) mass is 287 g/mol. The molecule has 20 heavy (non-hydrogen) atoms. The molecule has 0 aliphatic carbocycles. The number of nitrogens with zero attached hydrogens (tertiary/aromatic N) is 1. The molecule has 0 bridgehead atoms. The summed E-state index contributed by atoms with van der Waals surface area (Å²) in [5.74, 6) is -0.789. The Kier molecular flexibility index (Phi) is 3.20. The van der Waals surface area contributed by atoms with Crippen LogP contribution in [0.1, 0.15) is 10.5 Å². The predicted octanol–water partition coefficient (Wildman–Crippen LogP) is 3.89. The Hall–Kier alpha value is -2.27. The first kappa shape index (κ1) is 12.7. The summed E-state index contributed by atoms with van der Waals surface area (Å²) in [6.45, 7) is 0. The van der Waals surface area contributed by atoms with Crippen LogP contribution in [0, 0.1) is 5.82 Å². The van der Waals surface area contributed by atoms with Gasteiger partial charge in [0, 0.05) is 15.6 Å². The molecule has 0 N–H and O–H groups in total. The van der Waals surface area contributed by atoms with Crippen molar-refractivity contribution in [3.05, 3.63) is 53.3 Å². The van der Waals surface area contributed by atoms with Gasteiger partial charge >= 0.3 is 5.97 Å². The average molecular weight is 287 g/mol. The topological polar surface area (TPSA) is 39.2 Å². The molecule has 0 saturated heterocycles. The van der Waals surface area contributed by atoms with E-state index in [1.807, 2.05) is 11.4 Å². The summed E-state index contributed by atoms with van der Waals surface area (Å²) in [6, 6.07) is 9.69. The number of hydrogen-bond donors (Lipinski definition) is 0. The zero-order valence-corrected chi connectivity index (χ0v) is 11.4. The lowest BCUT2D eigenvalue weighted by Crippen LogP contribution is -2.04. The van der Waals surface area contributed by atoms with Crippen LogP contribution in [0.15, 0.2) is 41.8 Å². The third-order valence-corrected chi connectivity index (χ3v) is 3.83. The van der Waals surface area contributed by atoms with Crippen molar-refractivity contribution in [1.29, 1.82) is 0 Å². The molecule has 3 nitrogen and oxygen atoms in total. The van der Waals surface area contributed by atoms with E-state index in [2.05, 4.69) is 4.98 Å². The molecule has 0 fully saturated rings. The van der Waals surface area contributed by atoms with E-state index in [9.17, 15) is 9.18 Å². The summed E-state index contributed by atoms with van der Waals surface area (Å²) >= 11 is 1.52. The van der Waals surface area contributed by atoms with Gasteiger partial charge in [-0.25, -0.2) is 14.2 Å². The largest absolute Gasteiger partial charge is 0.464 e. The summed E-state index contributed by atoms with van der Waals surface area (Å²) in [4.78, 5) is 16.0. The SMILES string of the molecule is COC(=O)c1cc2sccc2c(-c2ccc(F)cc2)n1. The number of aromatic nitrogens is 1. The van der Waals surface area contributed by atoms with Crippen LogP contribution in [0.25, 0.3) is 21.3 Å². The van der Waals surface area contributed by atoms with E-state index in [0.717, 1.165) is 15.6 Å². The zero-order valence-electron chi connectivity index (χ0n) is 10.6. The van der Waals surface area contributed by atoms with Crippen molar-refractivity contribution >= 4 is 27.4 Å². The van der Waals surface area contributed by atoms with Gasteiger partial charge in [-0.05, 0) is 41.8 Å². The second kappa shape index (κ2) is 5.02. The van der Waals surface area contributed by atoms with Crippen molar-refractivity contribution in [3.8, 4) is 11.3 Å². The highest BCUT2D eigenvalue weighted by Gasteiger charge is 2.14. The summed E-state index contributed by atoms with van der Waals surface area (Å²) in [7, 11) is 1.32. The summed E-state index contributed by atoms with van der Waals surface area (Å²) in [5.41, 5.74) is 1.67. The highest BCUT2D eigenvalue weighted by Crippen LogP contribution is 2.31. The smallest absolute Gasteiger partial charge is 0.356 e. The van der Waals surface area contributed by atoms with E-state index in [4.69, 9.17) is 4.74 Å². The number of halogens is 1. The lowest BCUT2D eigenvalue weighted by Gasteiger charge is -2.06. The van der Waals surface area contributed by atoms with E-state index >= 15 is 0 Å². The number of methoxy groups -OCH3 is 1. The van der Waals surface area contributed by atoms with E-state index in [0.29, 0.717) is 5.69 Å². The molecular formula is C15H10FNO2S. The zero-order chi connectivity index (χ0) is 14.1. The maximum absolute atomic E-state index is 13.0. The number of pyridine rings is 1. The molecule has 0 aliphatic rings. The van der Waals surface area contributed by atoms with Gasteiger partial charge in [0.1, 0.15) is 5.82 Å². The molecule has 0 unspecified atom stereocenters. The number of ether oxygens (including phenoxy) is 1. The van der Waals surface area contributed by atoms with E-state index in [-0.39, 0.29) is 11.5 Å². The highest BCUT2D eigenvalue weighted by molar-refractivity contribution is 7.17. The maximum Gasteiger partial charge on any atom is 0.356 e. The summed E-state index contributed by atoms with van der Waals surface area (Å²) < 4.78 is 18.7. The lowest BCUT2D eigenvalue weighted by atomic mass is 10.1. The fourth-order valence-corrected chi connectivity index (χ4v) is 2.82. The molecule has 5 heteroatoms. The Labute approximate surface area is 118 Å². The average Bonchev–Trinajstić information content (AvgIpc) is 2.94. The van der Waals surface area contributed by atoms with Crippen molar-refractivity contribution in [2.24, 2.45) is 0 Å². The Morgan fingerprint density at radius 1 is 1.25 bits per heavy atom. The number of hydrogen-bond acceptors (Lipinski definition) is 4. The van der Waals surface area contributed by atoms with Crippen LogP contribution in [0.2, 0.25) is 0 Å². The highest BCUT2D eigenvalue weighted by atomic mass is 32.1. The Morgan fingerprint density at radius 3 is 2.70 bits per heavy atom. The summed E-state index contributed by atoms with van der Waals surface area (Å²) in [6.07, 6.45) is 0. The van der Waals surface area contributed by atoms with Crippen LogP contribution < -0.4 is 0 Å². The van der Waals surface area contributed by atoms with Crippen LogP contribution in [-0.2, 0) is 4.74 Å². The van der Waals surface area contributed by atoms with Crippen molar-refractivity contribution in [1.82, 2.24) is 4.98 Å².